The van der Waals surface area contributed by atoms with Gasteiger partial charge >= 0.3 is 0 Å². The van der Waals surface area contributed by atoms with Crippen LogP contribution in [0.4, 0.5) is 0 Å². The lowest BCUT2D eigenvalue weighted by atomic mass is 9.90. The Balaban J connectivity index is 2.21. The Morgan fingerprint density at radius 3 is 2.29 bits per heavy atom. The lowest BCUT2D eigenvalue weighted by Crippen LogP contribution is -2.34. The van der Waals surface area contributed by atoms with Crippen molar-refractivity contribution >= 4 is 5.57 Å². The maximum Gasteiger partial charge on any atom is 0.161 e. The van der Waals surface area contributed by atoms with Crippen molar-refractivity contribution in [2.45, 2.75) is 25.0 Å². The molecule has 0 saturated carbocycles. The van der Waals surface area contributed by atoms with Crippen molar-refractivity contribution in [3.05, 3.63) is 29.8 Å². The average molecular weight is 338 g/mol. The van der Waals surface area contributed by atoms with Crippen LogP contribution in [0.2, 0.25) is 0 Å². The molecule has 0 saturated heterocycles. The van der Waals surface area contributed by atoms with Crippen LogP contribution < -0.4 is 9.47 Å². The fourth-order valence-corrected chi connectivity index (χ4v) is 2.76. The van der Waals surface area contributed by atoms with E-state index in [0.29, 0.717) is 11.5 Å². The molecule has 0 radical (unpaired) electrons. The number of benzene rings is 1. The van der Waals surface area contributed by atoms with Gasteiger partial charge in [0.15, 0.2) is 11.5 Å². The third kappa shape index (κ3) is 4.70. The largest absolute Gasteiger partial charge is 0.493 e. The molecule has 2 rings (SSSR count). The quantitative estimate of drug-likeness (QED) is 0.646. The predicted octanol–water partition coefficient (Wildman–Crippen LogP) is 2.86. The van der Waals surface area contributed by atoms with E-state index in [-0.39, 0.29) is 25.8 Å². The van der Waals surface area contributed by atoms with Gasteiger partial charge in [0.05, 0.1) is 20.3 Å². The van der Waals surface area contributed by atoms with Crippen LogP contribution in [0.15, 0.2) is 24.3 Å². The summed E-state index contributed by atoms with van der Waals surface area (Å²) in [5.74, 6) is 1.43. The molecule has 134 valence electrons. The van der Waals surface area contributed by atoms with Gasteiger partial charge in [-0.1, -0.05) is 6.07 Å². The van der Waals surface area contributed by atoms with Gasteiger partial charge in [0.25, 0.3) is 0 Å². The molecule has 0 N–H and O–H groups in total. The molecular weight excluding hydrogens is 312 g/mol. The molecule has 0 spiro atoms. The topological polar surface area (TPSA) is 55.4 Å². The summed E-state index contributed by atoms with van der Waals surface area (Å²) in [6.07, 6.45) is 3.58. The lowest BCUT2D eigenvalue weighted by Gasteiger charge is -2.30. The van der Waals surface area contributed by atoms with E-state index in [1.807, 2.05) is 18.2 Å². The van der Waals surface area contributed by atoms with Crippen molar-refractivity contribution in [1.29, 1.82) is 0 Å². The van der Waals surface area contributed by atoms with Gasteiger partial charge in [0.2, 0.25) is 0 Å². The van der Waals surface area contributed by atoms with Crippen molar-refractivity contribution < 1.29 is 28.4 Å². The fraction of sp³-hybridized carbons (Fsp3) is 0.556. The zero-order chi connectivity index (χ0) is 17.4. The number of ether oxygens (including phenoxy) is 6. The summed E-state index contributed by atoms with van der Waals surface area (Å²) in [5, 5.41) is 0. The van der Waals surface area contributed by atoms with Crippen LogP contribution in [0.25, 0.3) is 5.57 Å². The molecule has 0 amide bonds. The Bertz CT molecular complexity index is 542. The van der Waals surface area contributed by atoms with Gasteiger partial charge in [-0.2, -0.15) is 0 Å². The highest BCUT2D eigenvalue weighted by Crippen LogP contribution is 2.35. The number of rotatable bonds is 9. The van der Waals surface area contributed by atoms with Gasteiger partial charge in [-0.15, -0.1) is 0 Å². The molecule has 0 aromatic heterocycles. The van der Waals surface area contributed by atoms with Gasteiger partial charge in [0, 0.05) is 14.2 Å². The monoisotopic (exact) mass is 338 g/mol. The van der Waals surface area contributed by atoms with Crippen molar-refractivity contribution in [3.8, 4) is 11.5 Å². The van der Waals surface area contributed by atoms with Crippen molar-refractivity contribution in [3.63, 3.8) is 0 Å². The number of methoxy groups -OCH3 is 4. The SMILES string of the molecule is COCO[C@@H]1C=C(c2ccc(OC)c(OC)c2)CC[C@H]1OCOC. The second-order valence-electron chi connectivity index (χ2n) is 5.45. The summed E-state index contributed by atoms with van der Waals surface area (Å²) in [5.41, 5.74) is 2.28. The van der Waals surface area contributed by atoms with Gasteiger partial charge in [-0.05, 0) is 42.2 Å². The summed E-state index contributed by atoms with van der Waals surface area (Å²) >= 11 is 0. The predicted molar refractivity (Wildman–Crippen MR) is 90.3 cm³/mol. The van der Waals surface area contributed by atoms with Crippen molar-refractivity contribution in [1.82, 2.24) is 0 Å². The summed E-state index contributed by atoms with van der Waals surface area (Å²) in [7, 11) is 6.48. The second kappa shape index (κ2) is 9.64. The Morgan fingerprint density at radius 1 is 0.917 bits per heavy atom. The zero-order valence-corrected chi connectivity index (χ0v) is 14.7. The number of allylic oxidation sites excluding steroid dienone is 1. The first-order valence-corrected chi connectivity index (χ1v) is 7.87. The molecule has 0 heterocycles. The van der Waals surface area contributed by atoms with Gasteiger partial charge < -0.3 is 28.4 Å². The Kier molecular flexibility index (Phi) is 7.52. The third-order valence-corrected chi connectivity index (χ3v) is 3.96. The van der Waals surface area contributed by atoms with Crippen LogP contribution in [-0.4, -0.2) is 54.2 Å². The number of hydrogen-bond donors (Lipinski definition) is 0. The molecule has 0 bridgehead atoms. The molecule has 0 aliphatic heterocycles. The van der Waals surface area contributed by atoms with Crippen LogP contribution in [0, 0.1) is 0 Å². The van der Waals surface area contributed by atoms with E-state index in [2.05, 4.69) is 6.08 Å². The molecule has 1 aromatic carbocycles. The lowest BCUT2D eigenvalue weighted by molar-refractivity contribution is -0.146. The second-order valence-corrected chi connectivity index (χ2v) is 5.45. The Labute approximate surface area is 143 Å². The maximum absolute atomic E-state index is 5.76. The smallest absolute Gasteiger partial charge is 0.161 e. The van der Waals surface area contributed by atoms with E-state index in [4.69, 9.17) is 28.4 Å². The molecule has 0 unspecified atom stereocenters. The van der Waals surface area contributed by atoms with E-state index in [0.717, 1.165) is 18.4 Å². The molecule has 6 nitrogen and oxygen atoms in total. The van der Waals surface area contributed by atoms with Crippen molar-refractivity contribution in [2.24, 2.45) is 0 Å². The minimum absolute atomic E-state index is 0.0519. The molecule has 1 aromatic rings. The van der Waals surface area contributed by atoms with Crippen LogP contribution in [-0.2, 0) is 18.9 Å². The Morgan fingerprint density at radius 2 is 1.62 bits per heavy atom. The minimum Gasteiger partial charge on any atom is -0.493 e. The molecule has 2 atom stereocenters. The molecule has 24 heavy (non-hydrogen) atoms. The minimum atomic E-state index is -0.183. The van der Waals surface area contributed by atoms with Crippen LogP contribution >= 0.6 is 0 Å². The molecule has 1 aliphatic rings. The Hall–Kier alpha value is -1.60. The van der Waals surface area contributed by atoms with Gasteiger partial charge in [-0.25, -0.2) is 0 Å². The maximum atomic E-state index is 5.76. The van der Waals surface area contributed by atoms with E-state index in [1.54, 1.807) is 28.4 Å². The summed E-state index contributed by atoms with van der Waals surface area (Å²) in [6, 6.07) is 5.92. The first-order valence-electron chi connectivity index (χ1n) is 7.87. The molecular formula is C18H26O6. The third-order valence-electron chi connectivity index (χ3n) is 3.96. The fourth-order valence-electron chi connectivity index (χ4n) is 2.76. The van der Waals surface area contributed by atoms with E-state index < -0.39 is 0 Å². The van der Waals surface area contributed by atoms with Gasteiger partial charge in [0.1, 0.15) is 19.7 Å². The highest BCUT2D eigenvalue weighted by molar-refractivity contribution is 5.69. The van der Waals surface area contributed by atoms with Gasteiger partial charge in [-0.3, -0.25) is 0 Å². The van der Waals surface area contributed by atoms with E-state index in [1.165, 1.54) is 5.57 Å². The van der Waals surface area contributed by atoms with Crippen LogP contribution in [0.1, 0.15) is 18.4 Å². The summed E-state index contributed by atoms with van der Waals surface area (Å²) in [4.78, 5) is 0. The molecule has 6 heteroatoms. The summed E-state index contributed by atoms with van der Waals surface area (Å²) < 4.78 is 32.2. The van der Waals surface area contributed by atoms with E-state index >= 15 is 0 Å². The standard InChI is InChI=1S/C18H26O6/c1-19-11-23-16-8-6-14(10-18(16)24-12-20-2)13-5-7-15(21-3)17(9-13)22-4/h5,7,9-10,16,18H,6,8,11-12H2,1-4H3/t16-,18-/m1/s1. The normalized spacial score (nSPS) is 20.6. The van der Waals surface area contributed by atoms with E-state index in [9.17, 15) is 0 Å². The first-order chi connectivity index (χ1) is 11.7. The first kappa shape index (κ1) is 18.7. The highest BCUT2D eigenvalue weighted by Gasteiger charge is 2.27. The number of hydrogen-bond acceptors (Lipinski definition) is 6. The average Bonchev–Trinajstić information content (AvgIpc) is 2.64. The summed E-state index contributed by atoms with van der Waals surface area (Å²) in [6.45, 7) is 0.463. The zero-order valence-electron chi connectivity index (χ0n) is 14.7. The highest BCUT2D eigenvalue weighted by atomic mass is 16.7. The van der Waals surface area contributed by atoms with Crippen LogP contribution in [0.3, 0.4) is 0 Å². The molecule has 1 aliphatic carbocycles. The van der Waals surface area contributed by atoms with Crippen LogP contribution in [0.5, 0.6) is 11.5 Å². The van der Waals surface area contributed by atoms with Crippen molar-refractivity contribution in [2.75, 3.05) is 42.0 Å². The molecule has 0 fully saturated rings.